The minimum absolute atomic E-state index is 0.0456. The summed E-state index contributed by atoms with van der Waals surface area (Å²) in [5.74, 6) is 0.0767. The third-order valence-corrected chi connectivity index (χ3v) is 7.45. The van der Waals surface area contributed by atoms with Gasteiger partial charge in [-0.1, -0.05) is 36.4 Å². The Morgan fingerprint density at radius 3 is 2.43 bits per heavy atom. The van der Waals surface area contributed by atoms with E-state index in [9.17, 15) is 4.79 Å². The van der Waals surface area contributed by atoms with Crippen LogP contribution < -0.4 is 4.74 Å². The van der Waals surface area contributed by atoms with Crippen LogP contribution in [0.4, 0.5) is 0 Å². The number of fused-ring (bicyclic) bond motifs is 4. The van der Waals surface area contributed by atoms with E-state index in [1.807, 2.05) is 41.3 Å². The molecule has 4 aliphatic heterocycles. The molecule has 0 aliphatic carbocycles. The smallest absolute Gasteiger partial charge is 0.236 e. The number of hydrogen-bond acceptors (Lipinski definition) is 7. The summed E-state index contributed by atoms with van der Waals surface area (Å²) in [5.41, 5.74) is 3.04. The number of carbonyl (C=O) groups excluding carboxylic acids is 1. The minimum atomic E-state index is -0.944. The van der Waals surface area contributed by atoms with Crippen molar-refractivity contribution in [3.63, 3.8) is 0 Å². The molecule has 1 amide bonds. The number of carbonyl (C=O) groups is 1. The first-order valence-corrected chi connectivity index (χ1v) is 12.6. The van der Waals surface area contributed by atoms with E-state index in [-0.39, 0.29) is 12.0 Å². The fourth-order valence-electron chi connectivity index (χ4n) is 5.54. The molecule has 0 radical (unpaired) electrons. The van der Waals surface area contributed by atoms with Gasteiger partial charge in [0.2, 0.25) is 11.7 Å². The number of nitrogens with zero attached hydrogens (tertiary/aromatic N) is 3. The van der Waals surface area contributed by atoms with E-state index in [2.05, 4.69) is 21.9 Å². The van der Waals surface area contributed by atoms with Crippen molar-refractivity contribution in [1.29, 1.82) is 0 Å². The molecule has 0 N–H and O–H groups in total. The zero-order valence-corrected chi connectivity index (χ0v) is 20.1. The molecule has 2 atom stereocenters. The Bertz CT molecular complexity index is 1000. The van der Waals surface area contributed by atoms with Gasteiger partial charge < -0.3 is 23.8 Å². The molecule has 6 rings (SSSR count). The van der Waals surface area contributed by atoms with Gasteiger partial charge in [0.25, 0.3) is 0 Å². The van der Waals surface area contributed by atoms with Gasteiger partial charge in [-0.25, -0.2) is 0 Å². The Kier molecular flexibility index (Phi) is 6.47. The molecule has 2 unspecified atom stereocenters. The lowest BCUT2D eigenvalue weighted by atomic mass is 9.93. The number of benzene rings is 2. The molecule has 8 heteroatoms. The van der Waals surface area contributed by atoms with Gasteiger partial charge in [0.1, 0.15) is 12.4 Å². The van der Waals surface area contributed by atoms with Gasteiger partial charge in [-0.2, -0.15) is 0 Å². The Morgan fingerprint density at radius 1 is 0.886 bits per heavy atom. The minimum Gasteiger partial charge on any atom is -0.488 e. The topological polar surface area (TPSA) is 63.7 Å². The van der Waals surface area contributed by atoms with Crippen molar-refractivity contribution < 1.29 is 23.7 Å². The SMILES string of the molecule is O=C(CN1CCN(CC2COC3(O2)c2ccccc2COc2ccccc23)CC1)N1CCOCC1. The molecule has 35 heavy (non-hydrogen) atoms. The van der Waals surface area contributed by atoms with Gasteiger partial charge >= 0.3 is 0 Å². The molecule has 2 aromatic rings. The van der Waals surface area contributed by atoms with E-state index in [0.29, 0.717) is 46.1 Å². The van der Waals surface area contributed by atoms with Gasteiger partial charge in [0.05, 0.1) is 38.0 Å². The molecule has 3 fully saturated rings. The summed E-state index contributed by atoms with van der Waals surface area (Å²) < 4.78 is 24.8. The third kappa shape index (κ3) is 4.57. The normalized spacial score (nSPS) is 27.2. The monoisotopic (exact) mass is 479 g/mol. The number of rotatable bonds is 4. The van der Waals surface area contributed by atoms with Crippen LogP contribution in [0.2, 0.25) is 0 Å². The molecule has 4 heterocycles. The van der Waals surface area contributed by atoms with Gasteiger partial charge in [0.15, 0.2) is 0 Å². The van der Waals surface area contributed by atoms with E-state index in [1.54, 1.807) is 0 Å². The van der Waals surface area contributed by atoms with Crippen molar-refractivity contribution in [3.05, 3.63) is 65.2 Å². The number of amides is 1. The van der Waals surface area contributed by atoms with Crippen molar-refractivity contribution in [2.75, 3.05) is 72.2 Å². The van der Waals surface area contributed by atoms with Crippen LogP contribution in [0.3, 0.4) is 0 Å². The van der Waals surface area contributed by atoms with Crippen molar-refractivity contribution >= 4 is 5.91 Å². The van der Waals surface area contributed by atoms with E-state index >= 15 is 0 Å². The quantitative estimate of drug-likeness (QED) is 0.661. The summed E-state index contributed by atoms with van der Waals surface area (Å²) in [6.45, 7) is 8.62. The molecular weight excluding hydrogens is 446 g/mol. The van der Waals surface area contributed by atoms with Gasteiger partial charge in [-0.15, -0.1) is 0 Å². The predicted molar refractivity (Wildman–Crippen MR) is 129 cm³/mol. The molecule has 0 saturated carbocycles. The highest BCUT2D eigenvalue weighted by molar-refractivity contribution is 5.78. The number of ether oxygens (including phenoxy) is 4. The summed E-state index contributed by atoms with van der Waals surface area (Å²) in [6, 6.07) is 16.3. The van der Waals surface area contributed by atoms with Crippen LogP contribution in [-0.2, 0) is 31.4 Å². The number of morpholine rings is 1. The van der Waals surface area contributed by atoms with Crippen LogP contribution in [0.1, 0.15) is 16.7 Å². The average molecular weight is 480 g/mol. The molecule has 3 saturated heterocycles. The standard InChI is InChI=1S/C27H33N3O5/c31-26(30-13-15-32-16-14-30)18-29-11-9-28(10-12-29)17-22-20-34-27(35-22)23-6-2-1-5-21(23)19-33-25-8-4-3-7-24(25)27/h1-8,22H,9-20H2. The van der Waals surface area contributed by atoms with Crippen LogP contribution in [0.15, 0.2) is 48.5 Å². The maximum Gasteiger partial charge on any atom is 0.236 e. The van der Waals surface area contributed by atoms with E-state index in [1.165, 1.54) is 0 Å². The predicted octanol–water partition coefficient (Wildman–Crippen LogP) is 1.67. The maximum atomic E-state index is 12.6. The highest BCUT2D eigenvalue weighted by atomic mass is 16.7. The first kappa shape index (κ1) is 22.9. The van der Waals surface area contributed by atoms with E-state index < -0.39 is 5.79 Å². The second-order valence-electron chi connectivity index (χ2n) is 9.68. The van der Waals surface area contributed by atoms with Crippen molar-refractivity contribution in [3.8, 4) is 5.75 Å². The fraction of sp³-hybridized carbons (Fsp3) is 0.519. The molecular formula is C27H33N3O5. The lowest BCUT2D eigenvalue weighted by Gasteiger charge is -2.37. The summed E-state index contributed by atoms with van der Waals surface area (Å²) in [6.07, 6.45) is -0.0456. The molecule has 1 spiro atoms. The largest absolute Gasteiger partial charge is 0.488 e. The average Bonchev–Trinajstić information content (AvgIpc) is 3.28. The Morgan fingerprint density at radius 2 is 1.60 bits per heavy atom. The Balaban J connectivity index is 1.10. The summed E-state index contributed by atoms with van der Waals surface area (Å²) >= 11 is 0. The first-order chi connectivity index (χ1) is 17.2. The summed E-state index contributed by atoms with van der Waals surface area (Å²) in [5, 5.41) is 0. The van der Waals surface area contributed by atoms with Crippen molar-refractivity contribution in [2.24, 2.45) is 0 Å². The van der Waals surface area contributed by atoms with Gasteiger partial charge in [-0.3, -0.25) is 14.6 Å². The molecule has 2 aromatic carbocycles. The second kappa shape index (κ2) is 9.87. The van der Waals surface area contributed by atoms with Gasteiger partial charge in [0, 0.05) is 51.4 Å². The zero-order valence-electron chi connectivity index (χ0n) is 20.1. The lowest BCUT2D eigenvalue weighted by molar-refractivity contribution is -0.145. The van der Waals surface area contributed by atoms with Crippen LogP contribution in [0.25, 0.3) is 0 Å². The summed E-state index contributed by atoms with van der Waals surface area (Å²) in [4.78, 5) is 19.2. The number of piperazine rings is 1. The lowest BCUT2D eigenvalue weighted by Crippen LogP contribution is -2.52. The van der Waals surface area contributed by atoms with Crippen LogP contribution >= 0.6 is 0 Å². The summed E-state index contributed by atoms with van der Waals surface area (Å²) in [7, 11) is 0. The van der Waals surface area contributed by atoms with Gasteiger partial charge in [-0.05, 0) is 17.7 Å². The molecule has 8 nitrogen and oxygen atoms in total. The fourth-order valence-corrected chi connectivity index (χ4v) is 5.54. The molecule has 0 bridgehead atoms. The molecule has 0 aromatic heterocycles. The van der Waals surface area contributed by atoms with E-state index in [4.69, 9.17) is 18.9 Å². The van der Waals surface area contributed by atoms with Crippen molar-refractivity contribution in [2.45, 2.75) is 18.5 Å². The number of hydrogen-bond donors (Lipinski definition) is 0. The maximum absolute atomic E-state index is 12.6. The Hall–Kier alpha value is -2.49. The molecule has 4 aliphatic rings. The van der Waals surface area contributed by atoms with Crippen molar-refractivity contribution in [1.82, 2.24) is 14.7 Å². The van der Waals surface area contributed by atoms with E-state index in [0.717, 1.165) is 55.2 Å². The third-order valence-electron chi connectivity index (χ3n) is 7.45. The first-order valence-electron chi connectivity index (χ1n) is 12.6. The second-order valence-corrected chi connectivity index (χ2v) is 9.68. The van der Waals surface area contributed by atoms with Crippen LogP contribution in [-0.4, -0.2) is 98.9 Å². The zero-order chi connectivity index (χ0) is 23.7. The Labute approximate surface area is 206 Å². The van der Waals surface area contributed by atoms with Crippen LogP contribution in [0.5, 0.6) is 5.75 Å². The highest BCUT2D eigenvalue weighted by Crippen LogP contribution is 2.47. The highest BCUT2D eigenvalue weighted by Gasteiger charge is 2.49. The molecule has 186 valence electrons. The van der Waals surface area contributed by atoms with Crippen LogP contribution in [0, 0.1) is 0 Å². The number of para-hydroxylation sites is 1.